The Morgan fingerprint density at radius 2 is 1.92 bits per heavy atom. The van der Waals surface area contributed by atoms with E-state index in [9.17, 15) is 27.5 Å². The molecule has 3 aromatic heterocycles. The summed E-state index contributed by atoms with van der Waals surface area (Å²) in [5.74, 6) is -0.181. The molecule has 9 nitrogen and oxygen atoms in total. The molecule has 0 amide bonds. The summed E-state index contributed by atoms with van der Waals surface area (Å²) < 4.78 is 55.5. The molecule has 198 valence electrons. The molecular weight excluding hydrogens is 494 g/mol. The molecule has 3 saturated heterocycles. The number of alkyl halides is 3. The fraction of sp³-hybridized carbons (Fsp3) is 0.542. The van der Waals surface area contributed by atoms with E-state index in [1.165, 1.54) is 6.20 Å². The summed E-state index contributed by atoms with van der Waals surface area (Å²) in [5, 5.41) is 16.8. The van der Waals surface area contributed by atoms with E-state index in [1.807, 2.05) is 4.90 Å². The number of fused-ring (bicyclic) bond motifs is 2. The van der Waals surface area contributed by atoms with Crippen LogP contribution in [0.3, 0.4) is 0 Å². The van der Waals surface area contributed by atoms with E-state index in [4.69, 9.17) is 0 Å². The van der Waals surface area contributed by atoms with Crippen LogP contribution >= 0.6 is 0 Å². The van der Waals surface area contributed by atoms with Crippen molar-refractivity contribution in [3.8, 4) is 0 Å². The van der Waals surface area contributed by atoms with E-state index >= 15 is 0 Å². The summed E-state index contributed by atoms with van der Waals surface area (Å²) in [6.45, 7) is 1.98. The van der Waals surface area contributed by atoms with Crippen LogP contribution in [-0.2, 0) is 11.6 Å². The number of aromatic amines is 1. The quantitative estimate of drug-likeness (QED) is 0.269. The number of nitrogens with one attached hydrogen (secondary N) is 2. The molecule has 4 aliphatic rings. The zero-order valence-corrected chi connectivity index (χ0v) is 20.1. The smallest absolute Gasteiger partial charge is 0.373 e. The summed E-state index contributed by atoms with van der Waals surface area (Å²) in [6, 6.07) is 4.74. The van der Waals surface area contributed by atoms with Crippen molar-refractivity contribution in [1.29, 1.82) is 0 Å². The van der Waals surface area contributed by atoms with Crippen LogP contribution in [0.15, 0.2) is 29.2 Å². The minimum Gasteiger partial charge on any atom is -0.373 e. The first-order valence-electron chi connectivity index (χ1n) is 12.3. The molecule has 1 unspecified atom stereocenters. The maximum Gasteiger partial charge on any atom is 0.418 e. The predicted molar refractivity (Wildman–Crippen MR) is 126 cm³/mol. The van der Waals surface area contributed by atoms with Gasteiger partial charge in [0.2, 0.25) is 5.95 Å². The molecule has 0 spiro atoms. The summed E-state index contributed by atoms with van der Waals surface area (Å²) in [4.78, 5) is 23.5. The predicted octanol–water partition coefficient (Wildman–Crippen LogP) is 2.17. The van der Waals surface area contributed by atoms with Gasteiger partial charge in [0.25, 0.3) is 5.56 Å². The number of aromatic nitrogens is 4. The molecule has 1 saturated carbocycles. The van der Waals surface area contributed by atoms with Crippen molar-refractivity contribution in [2.45, 2.75) is 55.6 Å². The van der Waals surface area contributed by atoms with Gasteiger partial charge in [-0.2, -0.15) is 22.7 Å². The van der Waals surface area contributed by atoms with Gasteiger partial charge >= 0.3 is 6.18 Å². The van der Waals surface area contributed by atoms with Crippen molar-refractivity contribution < 1.29 is 22.7 Å². The second-order valence-corrected chi connectivity index (χ2v) is 10.3. The molecule has 3 aromatic rings. The van der Waals surface area contributed by atoms with Gasteiger partial charge in [-0.25, -0.2) is 9.50 Å². The summed E-state index contributed by atoms with van der Waals surface area (Å²) in [5.41, 5.74) is -2.00. The number of hydrogen-bond acceptors (Lipinski definition) is 7. The third-order valence-corrected chi connectivity index (χ3v) is 8.21. The van der Waals surface area contributed by atoms with Crippen molar-refractivity contribution in [2.75, 3.05) is 31.6 Å². The van der Waals surface area contributed by atoms with Gasteiger partial charge in [-0.05, 0) is 50.9 Å². The van der Waals surface area contributed by atoms with Crippen LogP contribution in [0.5, 0.6) is 0 Å². The second-order valence-electron chi connectivity index (χ2n) is 10.3. The molecule has 1 atom stereocenters. The maximum absolute atomic E-state index is 14.6. The Kier molecular flexibility index (Phi) is 5.58. The lowest BCUT2D eigenvalue weighted by Crippen LogP contribution is -2.46. The highest BCUT2D eigenvalue weighted by atomic mass is 19.4. The number of halogens is 4. The summed E-state index contributed by atoms with van der Waals surface area (Å²) in [7, 11) is 1.56. The topological polar surface area (TPSA) is 102 Å². The Hall–Kier alpha value is -3.03. The number of pyridine rings is 1. The Morgan fingerprint density at radius 1 is 1.19 bits per heavy atom. The van der Waals surface area contributed by atoms with Gasteiger partial charge in [0.1, 0.15) is 17.6 Å². The highest BCUT2D eigenvalue weighted by molar-refractivity contribution is 5.54. The standard InChI is InChI=1S/C24H27F4N7O2/c1-29-20(36)16-2-3-17(19(25)30-16)33-7-4-13(5-8-33)34-12-23(10-14(34)11-23)22-31-21(37)18-15(24(26,27)28)6-9-35(18)32-22/h2-3,6,9,13-14,20,29,36H,4-5,7-8,10-12H2,1H3,(H,31,32,37). The molecule has 13 heteroatoms. The molecule has 4 fully saturated rings. The van der Waals surface area contributed by atoms with Crippen LogP contribution in [-0.4, -0.2) is 68.4 Å². The first kappa shape index (κ1) is 24.3. The first-order valence-corrected chi connectivity index (χ1v) is 12.3. The molecule has 2 bridgehead atoms. The molecule has 0 aromatic carbocycles. The Bertz CT molecular complexity index is 1390. The van der Waals surface area contributed by atoms with Crippen LogP contribution in [0.2, 0.25) is 0 Å². The Morgan fingerprint density at radius 3 is 2.57 bits per heavy atom. The van der Waals surface area contributed by atoms with Crippen molar-refractivity contribution >= 4 is 11.2 Å². The monoisotopic (exact) mass is 521 g/mol. The van der Waals surface area contributed by atoms with Gasteiger partial charge in [-0.1, -0.05) is 0 Å². The average Bonchev–Trinajstić information content (AvgIpc) is 3.55. The van der Waals surface area contributed by atoms with Crippen molar-refractivity contribution in [1.82, 2.24) is 29.8 Å². The molecule has 3 N–H and O–H groups in total. The largest absolute Gasteiger partial charge is 0.418 e. The zero-order valence-electron chi connectivity index (χ0n) is 20.1. The summed E-state index contributed by atoms with van der Waals surface area (Å²) >= 11 is 0. The maximum atomic E-state index is 14.6. The van der Waals surface area contributed by atoms with Gasteiger partial charge < -0.3 is 15.0 Å². The van der Waals surface area contributed by atoms with E-state index in [1.54, 1.807) is 19.2 Å². The number of anilines is 1. The van der Waals surface area contributed by atoms with Crippen LogP contribution in [0, 0.1) is 5.95 Å². The molecule has 3 aliphatic heterocycles. The molecule has 37 heavy (non-hydrogen) atoms. The number of rotatable bonds is 5. The third kappa shape index (κ3) is 3.91. The number of piperidine rings is 1. The van der Waals surface area contributed by atoms with Gasteiger partial charge in [-0.3, -0.25) is 15.0 Å². The lowest BCUT2D eigenvalue weighted by Gasteiger charge is -2.40. The lowest BCUT2D eigenvalue weighted by molar-refractivity contribution is -0.136. The average molecular weight is 522 g/mol. The van der Waals surface area contributed by atoms with Gasteiger partial charge in [0.15, 0.2) is 0 Å². The number of aliphatic hydroxyl groups excluding tert-OH is 1. The molecule has 0 radical (unpaired) electrons. The van der Waals surface area contributed by atoms with E-state index in [2.05, 4.69) is 25.3 Å². The third-order valence-electron chi connectivity index (χ3n) is 8.21. The normalized spacial score (nSPS) is 25.6. The number of nitrogens with zero attached hydrogens (tertiary/aromatic N) is 5. The SMILES string of the molecule is CNC(O)c1ccc(N2CCC(N3CC4(c5nn6ccc(C(F)(F)F)c6c(=O)[nH]5)CC3C4)CC2)c(F)n1. The van der Waals surface area contributed by atoms with Crippen LogP contribution in [0.1, 0.15) is 49.0 Å². The Labute approximate surface area is 209 Å². The van der Waals surface area contributed by atoms with E-state index in [-0.39, 0.29) is 17.2 Å². The summed E-state index contributed by atoms with van der Waals surface area (Å²) in [6.07, 6.45) is -1.24. The van der Waals surface area contributed by atoms with Gasteiger partial charge in [-0.15, -0.1) is 0 Å². The minimum absolute atomic E-state index is 0.222. The van der Waals surface area contributed by atoms with Crippen molar-refractivity contribution in [3.63, 3.8) is 0 Å². The number of hydrogen-bond donors (Lipinski definition) is 3. The van der Waals surface area contributed by atoms with E-state index in [0.29, 0.717) is 37.2 Å². The fourth-order valence-electron chi connectivity index (χ4n) is 6.29. The first-order chi connectivity index (χ1) is 17.6. The van der Waals surface area contributed by atoms with Crippen LogP contribution in [0.25, 0.3) is 5.52 Å². The van der Waals surface area contributed by atoms with E-state index in [0.717, 1.165) is 36.3 Å². The lowest BCUT2D eigenvalue weighted by atomic mass is 9.69. The fourth-order valence-corrected chi connectivity index (χ4v) is 6.29. The molecule has 1 aliphatic carbocycles. The van der Waals surface area contributed by atoms with Crippen LogP contribution in [0.4, 0.5) is 23.2 Å². The molecule has 6 heterocycles. The zero-order chi connectivity index (χ0) is 26.1. The highest BCUT2D eigenvalue weighted by Crippen LogP contribution is 2.53. The number of H-pyrrole nitrogens is 1. The van der Waals surface area contributed by atoms with Crippen molar-refractivity contribution in [2.24, 2.45) is 0 Å². The second kappa shape index (κ2) is 8.50. The van der Waals surface area contributed by atoms with Crippen LogP contribution < -0.4 is 15.8 Å². The minimum atomic E-state index is -4.63. The van der Waals surface area contributed by atoms with Gasteiger partial charge in [0.05, 0.1) is 16.9 Å². The highest BCUT2D eigenvalue weighted by Gasteiger charge is 2.59. The number of aliphatic hydroxyl groups is 1. The van der Waals surface area contributed by atoms with Crippen molar-refractivity contribution in [3.05, 3.63) is 57.8 Å². The molecular formula is C24H27F4N7O2. The van der Waals surface area contributed by atoms with Gasteiger partial charge in [0, 0.05) is 43.3 Å². The van der Waals surface area contributed by atoms with E-state index < -0.39 is 35.0 Å². The Balaban J connectivity index is 1.15. The molecule has 7 rings (SSSR count).